The largest absolute Gasteiger partial charge is 0.357 e. The summed E-state index contributed by atoms with van der Waals surface area (Å²) >= 11 is 0. The highest BCUT2D eigenvalue weighted by molar-refractivity contribution is 5.59. The topological polar surface area (TPSA) is 89.9 Å². The zero-order valence-corrected chi connectivity index (χ0v) is 13.9. The predicted molar refractivity (Wildman–Crippen MR) is 92.1 cm³/mol. The first-order chi connectivity index (χ1) is 12.2. The minimum atomic E-state index is -0.233. The van der Waals surface area contributed by atoms with Gasteiger partial charge in [-0.15, -0.1) is 0 Å². The number of nitrogens with zero attached hydrogens (tertiary/aromatic N) is 6. The summed E-state index contributed by atoms with van der Waals surface area (Å²) in [5.41, 5.74) is 0.793. The van der Waals surface area contributed by atoms with Gasteiger partial charge in [-0.3, -0.25) is 4.79 Å². The van der Waals surface area contributed by atoms with Gasteiger partial charge >= 0.3 is 0 Å². The second-order valence-electron chi connectivity index (χ2n) is 6.10. The highest BCUT2D eigenvalue weighted by Gasteiger charge is 2.16. The molecule has 0 bridgehead atoms. The van der Waals surface area contributed by atoms with Gasteiger partial charge < -0.3 is 14.0 Å². The standard InChI is InChI=1S/C17H18N6O2/c1-22-11-18-10-13(17(22)24)16-20-15(21-25-16)12-5-6-14(19-9-12)23-7-3-2-4-8-23/h5-6,9-11H,2-4,7-8H2,1H3. The van der Waals surface area contributed by atoms with Gasteiger partial charge in [-0.1, -0.05) is 5.16 Å². The molecule has 1 aliphatic rings. The van der Waals surface area contributed by atoms with Crippen molar-refractivity contribution < 1.29 is 4.52 Å². The monoisotopic (exact) mass is 338 g/mol. The molecule has 0 aliphatic carbocycles. The van der Waals surface area contributed by atoms with E-state index >= 15 is 0 Å². The van der Waals surface area contributed by atoms with Gasteiger partial charge in [0.25, 0.3) is 11.4 Å². The van der Waals surface area contributed by atoms with Crippen LogP contribution in [0.25, 0.3) is 22.8 Å². The molecule has 0 aromatic carbocycles. The summed E-state index contributed by atoms with van der Waals surface area (Å²) in [6.07, 6.45) is 8.30. The Hall–Kier alpha value is -3.03. The number of anilines is 1. The molecule has 3 aromatic heterocycles. The van der Waals surface area contributed by atoms with E-state index in [0.717, 1.165) is 24.5 Å². The molecule has 1 fully saturated rings. The lowest BCUT2D eigenvalue weighted by Crippen LogP contribution is -2.29. The molecular weight excluding hydrogens is 320 g/mol. The van der Waals surface area contributed by atoms with E-state index in [1.165, 1.54) is 36.4 Å². The summed E-state index contributed by atoms with van der Waals surface area (Å²) in [6.45, 7) is 2.09. The summed E-state index contributed by atoms with van der Waals surface area (Å²) in [5, 5.41) is 3.96. The number of piperidine rings is 1. The van der Waals surface area contributed by atoms with Gasteiger partial charge in [-0.05, 0) is 31.4 Å². The van der Waals surface area contributed by atoms with Crippen molar-refractivity contribution in [2.75, 3.05) is 18.0 Å². The van der Waals surface area contributed by atoms with Gasteiger partial charge in [0, 0.05) is 38.1 Å². The van der Waals surface area contributed by atoms with Crippen molar-refractivity contribution in [1.29, 1.82) is 0 Å². The maximum absolute atomic E-state index is 12.1. The molecule has 4 heterocycles. The summed E-state index contributed by atoms with van der Waals surface area (Å²) in [6, 6.07) is 3.90. The van der Waals surface area contributed by atoms with Crippen molar-refractivity contribution >= 4 is 5.82 Å². The van der Waals surface area contributed by atoms with Crippen LogP contribution in [-0.2, 0) is 7.05 Å². The van der Waals surface area contributed by atoms with E-state index in [1.54, 1.807) is 13.2 Å². The maximum Gasteiger partial charge on any atom is 0.265 e. The minimum absolute atomic E-state index is 0.156. The van der Waals surface area contributed by atoms with E-state index < -0.39 is 0 Å². The minimum Gasteiger partial charge on any atom is -0.357 e. The predicted octanol–water partition coefficient (Wildman–Crippen LogP) is 1.88. The number of hydrogen-bond acceptors (Lipinski definition) is 7. The van der Waals surface area contributed by atoms with Crippen LogP contribution in [0.4, 0.5) is 5.82 Å². The van der Waals surface area contributed by atoms with E-state index in [4.69, 9.17) is 4.52 Å². The molecule has 8 nitrogen and oxygen atoms in total. The third-order valence-electron chi connectivity index (χ3n) is 4.34. The summed E-state index contributed by atoms with van der Waals surface area (Å²) in [5.74, 6) is 1.52. The Bertz CT molecular complexity index is 925. The van der Waals surface area contributed by atoms with E-state index in [0.29, 0.717) is 5.82 Å². The van der Waals surface area contributed by atoms with Crippen molar-refractivity contribution in [2.45, 2.75) is 19.3 Å². The van der Waals surface area contributed by atoms with Crippen LogP contribution in [0, 0.1) is 0 Å². The van der Waals surface area contributed by atoms with Crippen LogP contribution in [0.5, 0.6) is 0 Å². The Morgan fingerprint density at radius 3 is 2.72 bits per heavy atom. The molecule has 3 aromatic rings. The molecule has 1 saturated heterocycles. The molecule has 0 radical (unpaired) electrons. The molecule has 1 aliphatic heterocycles. The highest BCUT2D eigenvalue weighted by Crippen LogP contribution is 2.22. The first-order valence-corrected chi connectivity index (χ1v) is 8.28. The van der Waals surface area contributed by atoms with Crippen LogP contribution < -0.4 is 10.5 Å². The number of pyridine rings is 1. The van der Waals surface area contributed by atoms with Gasteiger partial charge in [-0.25, -0.2) is 9.97 Å². The summed E-state index contributed by atoms with van der Waals surface area (Å²) in [7, 11) is 1.62. The molecule has 4 rings (SSSR count). The SMILES string of the molecule is Cn1cncc(-c2nc(-c3ccc(N4CCCCC4)nc3)no2)c1=O. The molecule has 0 unspecified atom stereocenters. The first-order valence-electron chi connectivity index (χ1n) is 8.28. The maximum atomic E-state index is 12.1. The Morgan fingerprint density at radius 2 is 1.96 bits per heavy atom. The lowest BCUT2D eigenvalue weighted by Gasteiger charge is -2.27. The van der Waals surface area contributed by atoms with E-state index in [1.807, 2.05) is 12.1 Å². The molecule has 128 valence electrons. The fourth-order valence-electron chi connectivity index (χ4n) is 2.93. The smallest absolute Gasteiger partial charge is 0.265 e. The Labute approximate surface area is 144 Å². The molecule has 0 amide bonds. The van der Waals surface area contributed by atoms with Crippen LogP contribution in [0.3, 0.4) is 0 Å². The molecule has 0 atom stereocenters. The van der Waals surface area contributed by atoms with Gasteiger partial charge in [0.1, 0.15) is 11.4 Å². The van der Waals surface area contributed by atoms with Crippen molar-refractivity contribution in [1.82, 2.24) is 24.7 Å². The van der Waals surface area contributed by atoms with Crippen LogP contribution >= 0.6 is 0 Å². The normalized spacial score (nSPS) is 14.7. The lowest BCUT2D eigenvalue weighted by molar-refractivity contribution is 0.431. The lowest BCUT2D eigenvalue weighted by atomic mass is 10.1. The van der Waals surface area contributed by atoms with Gasteiger partial charge in [0.15, 0.2) is 0 Å². The van der Waals surface area contributed by atoms with Gasteiger partial charge in [0.2, 0.25) is 5.82 Å². The second-order valence-corrected chi connectivity index (χ2v) is 6.10. The third-order valence-corrected chi connectivity index (χ3v) is 4.34. The molecule has 8 heteroatoms. The number of hydrogen-bond donors (Lipinski definition) is 0. The quantitative estimate of drug-likeness (QED) is 0.720. The van der Waals surface area contributed by atoms with E-state index in [-0.39, 0.29) is 17.0 Å². The summed E-state index contributed by atoms with van der Waals surface area (Å²) < 4.78 is 6.60. The van der Waals surface area contributed by atoms with Gasteiger partial charge in [-0.2, -0.15) is 4.98 Å². The average molecular weight is 338 g/mol. The Kier molecular flexibility index (Phi) is 4.01. The summed E-state index contributed by atoms with van der Waals surface area (Å²) in [4.78, 5) is 27.2. The fraction of sp³-hybridized carbons (Fsp3) is 0.353. The van der Waals surface area contributed by atoms with Crippen molar-refractivity contribution in [3.05, 3.63) is 41.2 Å². The van der Waals surface area contributed by atoms with E-state index in [9.17, 15) is 4.79 Å². The van der Waals surface area contributed by atoms with Crippen LogP contribution in [0.2, 0.25) is 0 Å². The van der Waals surface area contributed by atoms with Crippen LogP contribution in [-0.4, -0.2) is 37.8 Å². The molecule has 0 N–H and O–H groups in total. The van der Waals surface area contributed by atoms with E-state index in [2.05, 4.69) is 25.0 Å². The molecule has 25 heavy (non-hydrogen) atoms. The first kappa shape index (κ1) is 15.5. The third kappa shape index (κ3) is 3.02. The second kappa shape index (κ2) is 6.46. The van der Waals surface area contributed by atoms with Crippen molar-refractivity contribution in [3.8, 4) is 22.8 Å². The Balaban J connectivity index is 1.59. The zero-order valence-electron chi connectivity index (χ0n) is 13.9. The van der Waals surface area contributed by atoms with Crippen molar-refractivity contribution in [2.24, 2.45) is 7.05 Å². The average Bonchev–Trinajstić information content (AvgIpc) is 3.15. The Morgan fingerprint density at radius 1 is 1.12 bits per heavy atom. The highest BCUT2D eigenvalue weighted by atomic mass is 16.5. The number of aromatic nitrogens is 5. The van der Waals surface area contributed by atoms with Crippen LogP contribution in [0.1, 0.15) is 19.3 Å². The fourth-order valence-corrected chi connectivity index (χ4v) is 2.93. The van der Waals surface area contributed by atoms with Crippen molar-refractivity contribution in [3.63, 3.8) is 0 Å². The van der Waals surface area contributed by atoms with Crippen LogP contribution in [0.15, 0.2) is 40.2 Å². The number of rotatable bonds is 3. The van der Waals surface area contributed by atoms with Gasteiger partial charge in [0.05, 0.1) is 6.33 Å². The molecule has 0 spiro atoms. The molecular formula is C17H18N6O2. The molecule has 0 saturated carbocycles. The zero-order chi connectivity index (χ0) is 17.2. The number of aryl methyl sites for hydroxylation is 1.